The van der Waals surface area contributed by atoms with Crippen LogP contribution in [0.5, 0.6) is 0 Å². The third-order valence-corrected chi connectivity index (χ3v) is 2.15. The van der Waals surface area contributed by atoms with Crippen LogP contribution in [-0.2, 0) is 7.05 Å². The molecule has 2 heteroatoms. The lowest BCUT2D eigenvalue weighted by atomic mass is 10.2. The van der Waals surface area contributed by atoms with Crippen LogP contribution in [0.2, 0.25) is 5.15 Å². The summed E-state index contributed by atoms with van der Waals surface area (Å²) >= 11 is 5.86. The van der Waals surface area contributed by atoms with Gasteiger partial charge in [0, 0.05) is 24.0 Å². The highest BCUT2D eigenvalue weighted by atomic mass is 35.5. The molecule has 0 atom stereocenters. The van der Waals surface area contributed by atoms with E-state index >= 15 is 0 Å². The summed E-state index contributed by atoms with van der Waals surface area (Å²) in [6.07, 6.45) is 0. The third-order valence-electron chi connectivity index (χ3n) is 1.80. The summed E-state index contributed by atoms with van der Waals surface area (Å²) in [5.41, 5.74) is 1.12. The van der Waals surface area contributed by atoms with Gasteiger partial charge in [0.15, 0.2) is 0 Å². The molecule has 0 unspecified atom stereocenters. The van der Waals surface area contributed by atoms with Gasteiger partial charge in [-0.15, -0.1) is 0 Å². The average Bonchev–Trinajstić information content (AvgIpc) is 2.30. The average molecular weight is 165 g/mol. The fourth-order valence-corrected chi connectivity index (χ4v) is 1.37. The van der Waals surface area contributed by atoms with Gasteiger partial charge in [-0.1, -0.05) is 29.8 Å². The van der Waals surface area contributed by atoms with Crippen LogP contribution in [-0.4, -0.2) is 4.57 Å². The fourth-order valence-electron chi connectivity index (χ4n) is 1.17. The Morgan fingerprint density at radius 3 is 2.82 bits per heavy atom. The van der Waals surface area contributed by atoms with E-state index in [1.54, 1.807) is 0 Å². The number of aryl methyl sites for hydroxylation is 1. The Bertz CT molecular complexity index is 389. The molecule has 0 saturated carbocycles. The minimum absolute atomic E-state index is 0.659. The third kappa shape index (κ3) is 0.925. The van der Waals surface area contributed by atoms with E-state index in [4.69, 9.17) is 11.6 Å². The maximum atomic E-state index is 5.86. The summed E-state index contributed by atoms with van der Waals surface area (Å²) < 4.78 is 1.91. The summed E-state index contributed by atoms with van der Waals surface area (Å²) in [5, 5.41) is 1.73. The van der Waals surface area contributed by atoms with Gasteiger partial charge >= 0.3 is 0 Å². The van der Waals surface area contributed by atoms with Crippen LogP contribution < -0.4 is 0 Å². The molecule has 0 aliphatic rings. The second-order valence-corrected chi connectivity index (χ2v) is 2.85. The van der Waals surface area contributed by atoms with Crippen molar-refractivity contribution in [3.05, 3.63) is 35.5 Å². The highest BCUT2D eigenvalue weighted by molar-refractivity contribution is 6.30. The van der Waals surface area contributed by atoms with Crippen LogP contribution in [0.4, 0.5) is 0 Å². The molecule has 1 nitrogen and oxygen atoms in total. The van der Waals surface area contributed by atoms with Crippen LogP contribution in [0, 0.1) is 6.07 Å². The molecule has 0 aliphatic heterocycles. The summed E-state index contributed by atoms with van der Waals surface area (Å²) in [6, 6.07) is 11.1. The largest absolute Gasteiger partial charge is 0.334 e. The molecule has 0 amide bonds. The van der Waals surface area contributed by atoms with Gasteiger partial charge in [-0.3, -0.25) is 0 Å². The quantitative estimate of drug-likeness (QED) is 0.564. The van der Waals surface area contributed by atoms with E-state index in [-0.39, 0.29) is 0 Å². The zero-order valence-corrected chi connectivity index (χ0v) is 6.89. The van der Waals surface area contributed by atoms with Crippen molar-refractivity contribution in [2.75, 3.05) is 0 Å². The molecule has 2 rings (SSSR count). The first-order valence-electron chi connectivity index (χ1n) is 3.41. The number of hydrogen-bond acceptors (Lipinski definition) is 0. The first-order chi connectivity index (χ1) is 5.29. The number of para-hydroxylation sites is 1. The molecule has 1 aromatic heterocycles. The summed E-state index contributed by atoms with van der Waals surface area (Å²) in [6.45, 7) is 0. The second-order valence-electron chi connectivity index (χ2n) is 2.49. The fraction of sp³-hybridized carbons (Fsp3) is 0.111. The van der Waals surface area contributed by atoms with Crippen molar-refractivity contribution in [2.45, 2.75) is 0 Å². The molecule has 11 heavy (non-hydrogen) atoms. The monoisotopic (exact) mass is 164 g/mol. The highest BCUT2D eigenvalue weighted by Crippen LogP contribution is 2.20. The molecule has 55 valence electrons. The van der Waals surface area contributed by atoms with E-state index in [1.165, 1.54) is 0 Å². The van der Waals surface area contributed by atoms with Gasteiger partial charge in [0.25, 0.3) is 0 Å². The summed E-state index contributed by atoms with van der Waals surface area (Å²) in [5.74, 6) is 0. The van der Waals surface area contributed by atoms with E-state index < -0.39 is 0 Å². The van der Waals surface area contributed by atoms with Gasteiger partial charge in [-0.05, 0) is 6.07 Å². The van der Waals surface area contributed by atoms with Gasteiger partial charge in [0.1, 0.15) is 5.15 Å². The van der Waals surface area contributed by atoms with Gasteiger partial charge in [0.2, 0.25) is 0 Å². The standard InChI is InChI=1S/C9H7ClN/c1-11-8-5-3-2-4-7(8)6-9(11)10/h2-5H,1H3. The molecule has 1 heterocycles. The van der Waals surface area contributed by atoms with Crippen molar-refractivity contribution in [1.82, 2.24) is 4.57 Å². The van der Waals surface area contributed by atoms with Gasteiger partial charge in [0.05, 0.1) is 0 Å². The van der Waals surface area contributed by atoms with Gasteiger partial charge < -0.3 is 4.57 Å². The minimum Gasteiger partial charge on any atom is -0.334 e. The van der Waals surface area contributed by atoms with Crippen molar-refractivity contribution in [1.29, 1.82) is 0 Å². The van der Waals surface area contributed by atoms with E-state index in [0.29, 0.717) is 5.15 Å². The Balaban J connectivity index is 2.92. The number of rotatable bonds is 0. The Morgan fingerprint density at radius 1 is 1.36 bits per heavy atom. The Labute approximate surface area is 70.2 Å². The molecule has 1 aromatic carbocycles. The molecular formula is C9H7ClN. The zero-order valence-electron chi connectivity index (χ0n) is 6.13. The number of fused-ring (bicyclic) bond motifs is 1. The van der Waals surface area contributed by atoms with Crippen LogP contribution in [0.25, 0.3) is 10.9 Å². The Kier molecular flexibility index (Phi) is 1.40. The van der Waals surface area contributed by atoms with Gasteiger partial charge in [-0.2, -0.15) is 0 Å². The van der Waals surface area contributed by atoms with Crippen LogP contribution >= 0.6 is 11.6 Å². The number of nitrogens with zero attached hydrogens (tertiary/aromatic N) is 1. The molecule has 1 radical (unpaired) electrons. The Hall–Kier alpha value is -0.950. The molecule has 2 aromatic rings. The van der Waals surface area contributed by atoms with Crippen molar-refractivity contribution < 1.29 is 0 Å². The molecule has 0 saturated heterocycles. The second kappa shape index (κ2) is 2.28. The normalized spacial score (nSPS) is 10.7. The van der Waals surface area contributed by atoms with Gasteiger partial charge in [-0.25, -0.2) is 0 Å². The number of halogens is 1. The van der Waals surface area contributed by atoms with Crippen LogP contribution in [0.15, 0.2) is 24.3 Å². The van der Waals surface area contributed by atoms with E-state index in [0.717, 1.165) is 10.9 Å². The highest BCUT2D eigenvalue weighted by Gasteiger charge is 2.00. The number of hydrogen-bond donors (Lipinski definition) is 0. The first-order valence-corrected chi connectivity index (χ1v) is 3.79. The van der Waals surface area contributed by atoms with Crippen molar-refractivity contribution in [3.63, 3.8) is 0 Å². The lowest BCUT2D eigenvalue weighted by Gasteiger charge is -1.94. The number of benzene rings is 1. The summed E-state index contributed by atoms with van der Waals surface area (Å²) in [4.78, 5) is 0. The Morgan fingerprint density at radius 2 is 2.09 bits per heavy atom. The lowest BCUT2D eigenvalue weighted by Crippen LogP contribution is -1.84. The minimum atomic E-state index is 0.659. The van der Waals surface area contributed by atoms with Crippen molar-refractivity contribution in [3.8, 4) is 0 Å². The molecule has 0 N–H and O–H groups in total. The first kappa shape index (κ1) is 6.74. The topological polar surface area (TPSA) is 4.93 Å². The molecule has 0 fully saturated rings. The van der Waals surface area contributed by atoms with Crippen LogP contribution in [0.3, 0.4) is 0 Å². The predicted molar refractivity (Wildman–Crippen MR) is 46.8 cm³/mol. The maximum absolute atomic E-state index is 5.86. The SMILES string of the molecule is Cn1c(Cl)[c]c2ccccc21. The van der Waals surface area contributed by atoms with E-state index in [9.17, 15) is 0 Å². The molecule has 0 spiro atoms. The van der Waals surface area contributed by atoms with E-state index in [1.807, 2.05) is 35.9 Å². The van der Waals surface area contributed by atoms with Crippen LogP contribution in [0.1, 0.15) is 0 Å². The van der Waals surface area contributed by atoms with Crippen molar-refractivity contribution >= 4 is 22.5 Å². The smallest absolute Gasteiger partial charge is 0.117 e. The maximum Gasteiger partial charge on any atom is 0.117 e. The molecule has 0 aliphatic carbocycles. The summed E-state index contributed by atoms with van der Waals surface area (Å²) in [7, 11) is 1.93. The molecular weight excluding hydrogens is 158 g/mol. The van der Waals surface area contributed by atoms with Crippen molar-refractivity contribution in [2.24, 2.45) is 7.05 Å². The lowest BCUT2D eigenvalue weighted by molar-refractivity contribution is 0.969. The zero-order chi connectivity index (χ0) is 7.84. The molecule has 0 bridgehead atoms. The predicted octanol–water partition coefficient (Wildman–Crippen LogP) is 2.63. The van der Waals surface area contributed by atoms with E-state index in [2.05, 4.69) is 6.07 Å². The number of aromatic nitrogens is 1.